The second kappa shape index (κ2) is 6.57. The molecule has 1 unspecified atom stereocenters. The van der Waals surface area contributed by atoms with E-state index in [0.29, 0.717) is 35.1 Å². The molecular formula is C18H18ClN5O2. The Hall–Kier alpha value is -2.67. The Bertz CT molecular complexity index is 1040. The zero-order chi connectivity index (χ0) is 18.3. The van der Waals surface area contributed by atoms with E-state index < -0.39 is 0 Å². The van der Waals surface area contributed by atoms with Gasteiger partial charge in [-0.15, -0.1) is 0 Å². The summed E-state index contributed by atoms with van der Waals surface area (Å²) in [4.78, 5) is 37.8. The molecule has 0 saturated carbocycles. The van der Waals surface area contributed by atoms with E-state index in [0.717, 1.165) is 18.5 Å². The number of H-pyrrole nitrogens is 1. The fourth-order valence-corrected chi connectivity index (χ4v) is 3.71. The molecule has 0 spiro atoms. The van der Waals surface area contributed by atoms with Crippen LogP contribution in [0.3, 0.4) is 0 Å². The summed E-state index contributed by atoms with van der Waals surface area (Å²) in [5.74, 6) is -0.0233. The Morgan fingerprint density at radius 3 is 3.04 bits per heavy atom. The summed E-state index contributed by atoms with van der Waals surface area (Å²) in [6, 6.07) is 5.07. The maximum atomic E-state index is 13.2. The van der Waals surface area contributed by atoms with Crippen LogP contribution in [-0.4, -0.2) is 43.2 Å². The molecule has 134 valence electrons. The average molecular weight is 372 g/mol. The lowest BCUT2D eigenvalue weighted by Gasteiger charge is -2.32. The monoisotopic (exact) mass is 371 g/mol. The number of aromatic amines is 1. The third-order valence-electron chi connectivity index (χ3n) is 4.79. The molecule has 3 aromatic heterocycles. The van der Waals surface area contributed by atoms with Gasteiger partial charge in [-0.1, -0.05) is 11.6 Å². The van der Waals surface area contributed by atoms with Crippen LogP contribution in [0.4, 0.5) is 0 Å². The largest absolute Gasteiger partial charge is 0.337 e. The minimum Gasteiger partial charge on any atom is -0.337 e. The molecule has 1 fully saturated rings. The van der Waals surface area contributed by atoms with Crippen molar-refractivity contribution in [1.82, 2.24) is 24.3 Å². The van der Waals surface area contributed by atoms with Crippen molar-refractivity contribution >= 4 is 23.2 Å². The molecule has 0 bridgehead atoms. The van der Waals surface area contributed by atoms with Gasteiger partial charge in [0.15, 0.2) is 0 Å². The number of aromatic nitrogens is 4. The molecule has 4 rings (SSSR count). The number of pyridine rings is 1. The first-order chi connectivity index (χ1) is 12.5. The number of piperidine rings is 1. The fraction of sp³-hybridized carbons (Fsp3) is 0.333. The van der Waals surface area contributed by atoms with E-state index in [-0.39, 0.29) is 17.4 Å². The van der Waals surface area contributed by atoms with Gasteiger partial charge in [-0.2, -0.15) is 0 Å². The zero-order valence-electron chi connectivity index (χ0n) is 14.3. The van der Waals surface area contributed by atoms with Gasteiger partial charge >= 0.3 is 0 Å². The summed E-state index contributed by atoms with van der Waals surface area (Å²) >= 11 is 6.09. The number of carbonyl (C=O) groups excluding carboxylic acids is 1. The summed E-state index contributed by atoms with van der Waals surface area (Å²) in [5.41, 5.74) is 2.45. The lowest BCUT2D eigenvalue weighted by Crippen LogP contribution is -2.40. The summed E-state index contributed by atoms with van der Waals surface area (Å²) in [6.07, 6.45) is 4.89. The summed E-state index contributed by atoms with van der Waals surface area (Å²) in [6.45, 7) is 3.03. The molecule has 4 heterocycles. The summed E-state index contributed by atoms with van der Waals surface area (Å²) < 4.78 is 1.75. The highest BCUT2D eigenvalue weighted by Crippen LogP contribution is 2.27. The third kappa shape index (κ3) is 2.99. The van der Waals surface area contributed by atoms with Gasteiger partial charge < -0.3 is 9.88 Å². The van der Waals surface area contributed by atoms with Gasteiger partial charge in [0.05, 0.1) is 22.7 Å². The molecule has 0 aliphatic carbocycles. The molecule has 8 heteroatoms. The van der Waals surface area contributed by atoms with Gasteiger partial charge in [0.1, 0.15) is 11.3 Å². The van der Waals surface area contributed by atoms with Crippen LogP contribution >= 0.6 is 11.6 Å². The maximum absolute atomic E-state index is 13.2. The SMILES string of the molecule is Cc1nc2ccc(Cl)cn2c1C(=O)N1CCCC(c2cc(=O)[nH]cn2)C1. The van der Waals surface area contributed by atoms with Crippen LogP contribution in [-0.2, 0) is 0 Å². The number of carbonyl (C=O) groups is 1. The van der Waals surface area contributed by atoms with Crippen molar-refractivity contribution in [2.24, 2.45) is 0 Å². The lowest BCUT2D eigenvalue weighted by atomic mass is 9.94. The Morgan fingerprint density at radius 2 is 2.23 bits per heavy atom. The van der Waals surface area contributed by atoms with Crippen LogP contribution in [0.5, 0.6) is 0 Å². The predicted molar refractivity (Wildman–Crippen MR) is 97.7 cm³/mol. The van der Waals surface area contributed by atoms with Crippen molar-refractivity contribution in [2.75, 3.05) is 13.1 Å². The smallest absolute Gasteiger partial charge is 0.272 e. The second-order valence-corrected chi connectivity index (χ2v) is 6.98. The van der Waals surface area contributed by atoms with Crippen LogP contribution in [0.1, 0.15) is 40.6 Å². The van der Waals surface area contributed by atoms with E-state index in [1.165, 1.54) is 12.4 Å². The zero-order valence-corrected chi connectivity index (χ0v) is 15.0. The Labute approximate surface area is 154 Å². The number of halogens is 1. The molecule has 1 atom stereocenters. The van der Waals surface area contributed by atoms with Crippen molar-refractivity contribution < 1.29 is 4.79 Å². The van der Waals surface area contributed by atoms with Crippen LogP contribution < -0.4 is 5.56 Å². The molecule has 1 N–H and O–H groups in total. The quantitative estimate of drug-likeness (QED) is 0.749. The van der Waals surface area contributed by atoms with E-state index in [1.54, 1.807) is 22.7 Å². The summed E-state index contributed by atoms with van der Waals surface area (Å²) in [5, 5.41) is 0.549. The first-order valence-electron chi connectivity index (χ1n) is 8.51. The molecule has 1 amide bonds. The van der Waals surface area contributed by atoms with E-state index >= 15 is 0 Å². The molecule has 0 radical (unpaired) electrons. The van der Waals surface area contributed by atoms with Gasteiger partial charge in [0.25, 0.3) is 11.5 Å². The minimum atomic E-state index is -0.175. The molecule has 1 aliphatic heterocycles. The number of rotatable bonds is 2. The highest BCUT2D eigenvalue weighted by molar-refractivity contribution is 6.30. The number of imidazole rings is 1. The molecule has 26 heavy (non-hydrogen) atoms. The van der Waals surface area contributed by atoms with Gasteiger partial charge in [0.2, 0.25) is 0 Å². The van der Waals surface area contributed by atoms with Gasteiger partial charge in [-0.05, 0) is 31.9 Å². The molecule has 7 nitrogen and oxygen atoms in total. The van der Waals surface area contributed by atoms with Gasteiger partial charge in [-0.3, -0.25) is 14.0 Å². The minimum absolute atomic E-state index is 0.0538. The van der Waals surface area contributed by atoms with Crippen molar-refractivity contribution in [3.63, 3.8) is 0 Å². The predicted octanol–water partition coefficient (Wildman–Crippen LogP) is 2.40. The first-order valence-corrected chi connectivity index (χ1v) is 8.89. The van der Waals surface area contributed by atoms with E-state index in [9.17, 15) is 9.59 Å². The molecule has 1 aliphatic rings. The van der Waals surface area contributed by atoms with Crippen molar-refractivity contribution in [1.29, 1.82) is 0 Å². The van der Waals surface area contributed by atoms with Crippen LogP contribution in [0.2, 0.25) is 5.02 Å². The second-order valence-electron chi connectivity index (χ2n) is 6.55. The Kier molecular flexibility index (Phi) is 4.24. The van der Waals surface area contributed by atoms with Gasteiger partial charge in [-0.25, -0.2) is 9.97 Å². The van der Waals surface area contributed by atoms with Crippen molar-refractivity contribution in [3.8, 4) is 0 Å². The molecule has 0 aromatic carbocycles. The molecule has 3 aromatic rings. The van der Waals surface area contributed by atoms with E-state index in [2.05, 4.69) is 15.0 Å². The first kappa shape index (κ1) is 16.8. The van der Waals surface area contributed by atoms with Crippen LogP contribution in [0, 0.1) is 6.92 Å². The highest BCUT2D eigenvalue weighted by atomic mass is 35.5. The third-order valence-corrected chi connectivity index (χ3v) is 5.01. The number of fused-ring (bicyclic) bond motifs is 1. The van der Waals surface area contributed by atoms with E-state index in [4.69, 9.17) is 11.6 Å². The van der Waals surface area contributed by atoms with Crippen LogP contribution in [0.15, 0.2) is 35.5 Å². The van der Waals surface area contributed by atoms with Crippen LogP contribution in [0.25, 0.3) is 5.65 Å². The number of aryl methyl sites for hydroxylation is 1. The number of nitrogens with one attached hydrogen (secondary N) is 1. The van der Waals surface area contributed by atoms with Gasteiger partial charge in [0, 0.05) is 31.3 Å². The molecule has 1 saturated heterocycles. The standard InChI is InChI=1S/C18H18ClN5O2/c1-11-17(24-9-13(19)4-5-15(24)22-11)18(26)23-6-2-3-12(8-23)14-7-16(25)21-10-20-14/h4-5,7,9-10,12H,2-3,6,8H2,1H3,(H,20,21,25). The Morgan fingerprint density at radius 1 is 1.38 bits per heavy atom. The number of amides is 1. The molecular weight excluding hydrogens is 354 g/mol. The Balaban J connectivity index is 1.65. The average Bonchev–Trinajstić information content (AvgIpc) is 2.96. The number of likely N-dealkylation sites (tertiary alicyclic amines) is 1. The number of hydrogen-bond donors (Lipinski definition) is 1. The number of nitrogens with zero attached hydrogens (tertiary/aromatic N) is 4. The number of hydrogen-bond acceptors (Lipinski definition) is 4. The van der Waals surface area contributed by atoms with Crippen molar-refractivity contribution in [3.05, 3.63) is 63.2 Å². The normalized spacial score (nSPS) is 17.6. The highest BCUT2D eigenvalue weighted by Gasteiger charge is 2.29. The fourth-order valence-electron chi connectivity index (χ4n) is 3.55. The topological polar surface area (TPSA) is 83.4 Å². The van der Waals surface area contributed by atoms with Crippen molar-refractivity contribution in [2.45, 2.75) is 25.7 Å². The maximum Gasteiger partial charge on any atom is 0.272 e. The summed E-state index contributed by atoms with van der Waals surface area (Å²) in [7, 11) is 0. The van der Waals surface area contributed by atoms with E-state index in [1.807, 2.05) is 11.8 Å². The lowest BCUT2D eigenvalue weighted by molar-refractivity contribution is 0.0698.